The summed E-state index contributed by atoms with van der Waals surface area (Å²) in [4.78, 5) is 33.6. The van der Waals surface area contributed by atoms with Gasteiger partial charge in [0, 0.05) is 11.3 Å². The molecule has 0 radical (unpaired) electrons. The van der Waals surface area contributed by atoms with E-state index in [1.807, 2.05) is 106 Å². The number of aromatic nitrogens is 2. The van der Waals surface area contributed by atoms with Crippen LogP contribution in [0.25, 0.3) is 34.3 Å². The van der Waals surface area contributed by atoms with E-state index in [1.54, 1.807) is 11.5 Å². The second-order valence-corrected chi connectivity index (χ2v) is 13.3. The highest BCUT2D eigenvalue weighted by molar-refractivity contribution is 7.07. The molecule has 6 aromatic rings. The van der Waals surface area contributed by atoms with Crippen molar-refractivity contribution >= 4 is 23.4 Å². The number of hydrogen-bond acceptors (Lipinski definition) is 6. The van der Waals surface area contributed by atoms with Crippen molar-refractivity contribution in [2.75, 3.05) is 6.61 Å². The minimum absolute atomic E-state index is 0.234. The van der Waals surface area contributed by atoms with Crippen LogP contribution in [0.4, 0.5) is 0 Å². The molecule has 8 heteroatoms. The van der Waals surface area contributed by atoms with Gasteiger partial charge >= 0.3 is 5.97 Å². The van der Waals surface area contributed by atoms with E-state index in [1.165, 1.54) is 11.3 Å². The van der Waals surface area contributed by atoms with E-state index in [2.05, 4.69) is 47.0 Å². The topological polar surface area (TPSA) is 74.8 Å². The lowest BCUT2D eigenvalue weighted by Crippen LogP contribution is -2.40. The predicted molar refractivity (Wildman–Crippen MR) is 199 cm³/mol. The van der Waals surface area contributed by atoms with Gasteiger partial charge in [-0.2, -0.15) is 0 Å². The molecule has 1 aliphatic rings. The summed E-state index contributed by atoms with van der Waals surface area (Å²) in [5.74, 6) is 0.217. The summed E-state index contributed by atoms with van der Waals surface area (Å²) in [7, 11) is 0. The molecule has 7 rings (SSSR count). The number of ether oxygens (including phenoxy) is 2. The molecule has 0 bridgehead atoms. The number of carbonyl (C=O) groups is 1. The van der Waals surface area contributed by atoms with Crippen LogP contribution in [0, 0.1) is 0 Å². The second-order valence-electron chi connectivity index (χ2n) is 12.3. The maximum atomic E-state index is 14.6. The summed E-state index contributed by atoms with van der Waals surface area (Å²) in [6, 6.07) is 39.7. The molecule has 0 amide bonds. The van der Waals surface area contributed by atoms with Crippen molar-refractivity contribution in [1.82, 2.24) is 9.13 Å². The molecular formula is C42H37N3O4S. The van der Waals surface area contributed by atoms with Gasteiger partial charge in [0.25, 0.3) is 5.56 Å². The number of esters is 1. The molecule has 0 fully saturated rings. The van der Waals surface area contributed by atoms with Crippen LogP contribution in [-0.2, 0) is 9.53 Å². The average molecular weight is 680 g/mol. The number of fused-ring (bicyclic) bond motifs is 1. The number of carbonyl (C=O) groups excluding carboxylic acids is 1. The fourth-order valence-electron chi connectivity index (χ4n) is 6.43. The van der Waals surface area contributed by atoms with Gasteiger partial charge in [0.15, 0.2) is 4.80 Å². The molecule has 3 heterocycles. The van der Waals surface area contributed by atoms with Gasteiger partial charge in [-0.3, -0.25) is 9.36 Å². The number of hydrogen-bond donors (Lipinski definition) is 0. The van der Waals surface area contributed by atoms with Crippen molar-refractivity contribution in [2.24, 2.45) is 4.99 Å². The Kier molecular flexibility index (Phi) is 9.19. The highest BCUT2D eigenvalue weighted by atomic mass is 32.1. The molecular weight excluding hydrogens is 643 g/mol. The Hall–Kier alpha value is -5.73. The largest absolute Gasteiger partial charge is 0.494 e. The molecule has 0 aliphatic carbocycles. The van der Waals surface area contributed by atoms with E-state index >= 15 is 0 Å². The molecule has 0 unspecified atom stereocenters. The van der Waals surface area contributed by atoms with Gasteiger partial charge in [-0.15, -0.1) is 0 Å². The van der Waals surface area contributed by atoms with Crippen LogP contribution < -0.4 is 19.6 Å². The van der Waals surface area contributed by atoms with E-state index in [4.69, 9.17) is 14.5 Å². The van der Waals surface area contributed by atoms with E-state index in [-0.39, 0.29) is 11.7 Å². The van der Waals surface area contributed by atoms with Crippen LogP contribution >= 0.6 is 11.3 Å². The summed E-state index contributed by atoms with van der Waals surface area (Å²) in [6.07, 6.45) is 1.62. The second kappa shape index (κ2) is 14.0. The maximum Gasteiger partial charge on any atom is 0.338 e. The Morgan fingerprint density at radius 3 is 2.12 bits per heavy atom. The number of para-hydroxylation sites is 1. The minimum atomic E-state index is -0.724. The van der Waals surface area contributed by atoms with Crippen LogP contribution in [0.1, 0.15) is 44.9 Å². The first-order valence-corrected chi connectivity index (χ1v) is 17.5. The fourth-order valence-corrected chi connectivity index (χ4v) is 7.47. The van der Waals surface area contributed by atoms with Crippen LogP contribution in [0.15, 0.2) is 142 Å². The fraction of sp³-hybridized carbons (Fsp3) is 0.167. The molecule has 7 nitrogen and oxygen atoms in total. The smallest absolute Gasteiger partial charge is 0.338 e. The van der Waals surface area contributed by atoms with Gasteiger partial charge in [-0.05, 0) is 80.8 Å². The molecule has 4 aromatic carbocycles. The highest BCUT2D eigenvalue weighted by Gasteiger charge is 2.34. The van der Waals surface area contributed by atoms with E-state index < -0.39 is 12.0 Å². The third-order valence-electron chi connectivity index (χ3n) is 8.54. The van der Waals surface area contributed by atoms with Gasteiger partial charge in [0.1, 0.15) is 5.75 Å². The zero-order chi connectivity index (χ0) is 34.8. The van der Waals surface area contributed by atoms with Crippen LogP contribution in [-0.4, -0.2) is 27.8 Å². The lowest BCUT2D eigenvalue weighted by Gasteiger charge is -2.25. The van der Waals surface area contributed by atoms with Crippen molar-refractivity contribution in [3.8, 4) is 34.0 Å². The zero-order valence-corrected chi connectivity index (χ0v) is 29.2. The monoisotopic (exact) mass is 679 g/mol. The predicted octanol–water partition coefficient (Wildman–Crippen LogP) is 7.71. The Morgan fingerprint density at radius 2 is 1.50 bits per heavy atom. The van der Waals surface area contributed by atoms with E-state index in [0.29, 0.717) is 33.0 Å². The highest BCUT2D eigenvalue weighted by Crippen LogP contribution is 2.37. The summed E-state index contributed by atoms with van der Waals surface area (Å²) in [5, 5.41) is 0. The van der Waals surface area contributed by atoms with Gasteiger partial charge in [-0.25, -0.2) is 9.79 Å². The van der Waals surface area contributed by atoms with E-state index in [9.17, 15) is 9.59 Å². The number of allylic oxidation sites excluding steroid dienone is 1. The Bertz CT molecular complexity index is 2370. The Balaban J connectivity index is 1.48. The van der Waals surface area contributed by atoms with Crippen LogP contribution in [0.5, 0.6) is 5.75 Å². The van der Waals surface area contributed by atoms with E-state index in [0.717, 1.165) is 39.3 Å². The Morgan fingerprint density at radius 1 is 0.880 bits per heavy atom. The first-order chi connectivity index (χ1) is 24.3. The number of thiazole rings is 1. The third kappa shape index (κ3) is 6.26. The molecule has 0 N–H and O–H groups in total. The molecule has 1 aliphatic heterocycles. The minimum Gasteiger partial charge on any atom is -0.494 e. The molecule has 0 saturated heterocycles. The average Bonchev–Trinajstić information content (AvgIpc) is 3.66. The molecule has 50 heavy (non-hydrogen) atoms. The number of rotatable bonds is 9. The van der Waals surface area contributed by atoms with Crippen molar-refractivity contribution in [1.29, 1.82) is 0 Å². The molecule has 1 atom stereocenters. The summed E-state index contributed by atoms with van der Waals surface area (Å²) in [5.41, 5.74) is 7.30. The molecule has 2 aromatic heterocycles. The van der Waals surface area contributed by atoms with Crippen molar-refractivity contribution in [3.05, 3.63) is 163 Å². The van der Waals surface area contributed by atoms with Gasteiger partial charge in [0.2, 0.25) is 0 Å². The summed E-state index contributed by atoms with van der Waals surface area (Å²) in [6.45, 7) is 7.88. The molecule has 0 spiro atoms. The summed E-state index contributed by atoms with van der Waals surface area (Å²) >= 11 is 1.32. The first-order valence-electron chi connectivity index (χ1n) is 16.7. The van der Waals surface area contributed by atoms with Crippen molar-refractivity contribution < 1.29 is 14.3 Å². The van der Waals surface area contributed by atoms with Gasteiger partial charge in [-0.1, -0.05) is 102 Å². The first kappa shape index (κ1) is 32.8. The van der Waals surface area contributed by atoms with Gasteiger partial charge < -0.3 is 14.0 Å². The standard InChI is InChI=1S/C42H37N3O4S/c1-5-48-34-23-21-31(22-24-34)39-37(41(47)49-27(2)3)28(4)43-42-45(39)40(46)36(50-42)26-32-25-35(29-15-9-6-10-16-29)44(33-19-13-8-14-20-33)38(32)30-17-11-7-12-18-30/h6-27,39H,5H2,1-4H3/b36-26+/t39-/m0/s1. The Labute approximate surface area is 294 Å². The van der Waals surface area contributed by atoms with Gasteiger partial charge in [0.05, 0.1) is 45.9 Å². The van der Waals surface area contributed by atoms with Crippen LogP contribution in [0.2, 0.25) is 0 Å². The lowest BCUT2D eigenvalue weighted by atomic mass is 9.96. The van der Waals surface area contributed by atoms with Crippen molar-refractivity contribution in [3.63, 3.8) is 0 Å². The number of benzene rings is 4. The quantitative estimate of drug-likeness (QED) is 0.147. The van der Waals surface area contributed by atoms with Crippen molar-refractivity contribution in [2.45, 2.75) is 39.8 Å². The number of nitrogens with zero attached hydrogens (tertiary/aromatic N) is 3. The SMILES string of the molecule is CCOc1ccc([C@H]2C(C(=O)OC(C)C)=C(C)N=c3s/c(=C/c4cc(-c5ccccc5)n(-c5ccccc5)c4-c4ccccc4)c(=O)n32)cc1. The third-order valence-corrected chi connectivity index (χ3v) is 9.52. The zero-order valence-electron chi connectivity index (χ0n) is 28.4. The maximum absolute atomic E-state index is 14.6. The van der Waals surface area contributed by atoms with Crippen LogP contribution in [0.3, 0.4) is 0 Å². The molecule has 250 valence electrons. The summed E-state index contributed by atoms with van der Waals surface area (Å²) < 4.78 is 15.8. The molecule has 0 saturated carbocycles. The lowest BCUT2D eigenvalue weighted by molar-refractivity contribution is -0.143. The normalized spacial score (nSPS) is 14.4.